The Morgan fingerprint density at radius 2 is 1.51 bits per heavy atom. The minimum Gasteiger partial charge on any atom is -0.445 e. The number of alkyl carbamates (subject to hydrolysis) is 1. The fraction of sp³-hybridized carbons (Fsp3) is 0.400. The second-order valence-electron chi connectivity index (χ2n) is 9.06. The maximum Gasteiger partial charge on any atom is 0.410 e. The Hall–Kier alpha value is -3.64. The Morgan fingerprint density at radius 3 is 2.11 bits per heavy atom. The van der Waals surface area contributed by atoms with Gasteiger partial charge in [0.2, 0.25) is 5.91 Å². The van der Waals surface area contributed by atoms with Crippen LogP contribution in [0.2, 0.25) is 0 Å². The van der Waals surface area contributed by atoms with Crippen LogP contribution in [0.4, 0.5) is 9.59 Å². The fourth-order valence-corrected chi connectivity index (χ4v) is 5.25. The van der Waals surface area contributed by atoms with E-state index in [1.807, 2.05) is 36.4 Å². The molecule has 2 saturated heterocycles. The molecule has 0 spiro atoms. The maximum absolute atomic E-state index is 13.3. The van der Waals surface area contributed by atoms with Gasteiger partial charge in [0, 0.05) is 19.6 Å². The zero-order valence-electron chi connectivity index (χ0n) is 20.1. The third-order valence-corrected chi connectivity index (χ3v) is 7.63. The van der Waals surface area contributed by atoms with Gasteiger partial charge in [-0.1, -0.05) is 60.7 Å². The van der Waals surface area contributed by atoms with Gasteiger partial charge in [-0.3, -0.25) is 14.2 Å². The van der Waals surface area contributed by atoms with Crippen LogP contribution in [0.5, 0.6) is 0 Å². The minimum absolute atomic E-state index is 0.0472. The Kier molecular flexibility index (Phi) is 8.29. The highest BCUT2D eigenvalue weighted by Crippen LogP contribution is 2.27. The molecule has 1 unspecified atom stereocenters. The molecule has 0 bridgehead atoms. The summed E-state index contributed by atoms with van der Waals surface area (Å²) in [4.78, 5) is 40.8. The van der Waals surface area contributed by atoms with Gasteiger partial charge in [0.1, 0.15) is 24.5 Å². The smallest absolute Gasteiger partial charge is 0.410 e. The van der Waals surface area contributed by atoms with Crippen molar-refractivity contribution in [1.29, 1.82) is 0 Å². The van der Waals surface area contributed by atoms with Gasteiger partial charge in [-0.25, -0.2) is 9.59 Å². The number of hydrogen-bond acceptors (Lipinski definition) is 7. The Morgan fingerprint density at radius 1 is 0.919 bits per heavy atom. The summed E-state index contributed by atoms with van der Waals surface area (Å²) < 4.78 is 43.7. The molecule has 0 aromatic heterocycles. The highest BCUT2D eigenvalue weighted by molar-refractivity contribution is 7.86. The van der Waals surface area contributed by atoms with Crippen molar-refractivity contribution in [3.05, 3.63) is 71.8 Å². The summed E-state index contributed by atoms with van der Waals surface area (Å²) in [5, 5.41) is 1.44. The number of amides is 3. The molecule has 2 N–H and O–H groups in total. The number of nitrogens with one attached hydrogen (secondary N) is 1. The zero-order chi connectivity index (χ0) is 26.4. The molecule has 2 aromatic rings. The van der Waals surface area contributed by atoms with Gasteiger partial charge in [-0.15, -0.1) is 0 Å². The van der Waals surface area contributed by atoms with Crippen LogP contribution in [0, 0.1) is 0 Å². The predicted molar refractivity (Wildman–Crippen MR) is 132 cm³/mol. The second kappa shape index (κ2) is 11.6. The molecule has 3 amide bonds. The summed E-state index contributed by atoms with van der Waals surface area (Å²) >= 11 is 0. The first-order valence-electron chi connectivity index (χ1n) is 11.9. The fourth-order valence-electron chi connectivity index (χ4n) is 4.47. The number of likely N-dealkylation sites (tertiary alicyclic amines) is 2. The normalized spacial score (nSPS) is 21.5. The molecule has 0 aliphatic carbocycles. The lowest BCUT2D eigenvalue weighted by Gasteiger charge is -2.27. The van der Waals surface area contributed by atoms with E-state index in [4.69, 9.17) is 9.47 Å². The van der Waals surface area contributed by atoms with E-state index in [1.54, 1.807) is 24.3 Å². The highest BCUT2D eigenvalue weighted by atomic mass is 32.2. The monoisotopic (exact) mass is 531 g/mol. The first-order valence-corrected chi connectivity index (χ1v) is 13.4. The van der Waals surface area contributed by atoms with Crippen LogP contribution >= 0.6 is 0 Å². The van der Waals surface area contributed by atoms with Crippen LogP contribution in [0.25, 0.3) is 0 Å². The van der Waals surface area contributed by atoms with Gasteiger partial charge < -0.3 is 19.7 Å². The maximum atomic E-state index is 13.3. The molecule has 0 saturated carbocycles. The number of nitrogens with zero attached hydrogens (tertiary/aromatic N) is 2. The standard InChI is InChI=1S/C25H29N3O8S/c29-23(27-12-11-20(14-27)26-24(30)35-16-18-7-3-1-4-8-18)22-13-21(37(32,33)34)15-28(22)25(31)36-17-19-9-5-2-6-10-19/h1-10,20-22H,11-17H2,(H,26,30)(H,32,33,34)/t20?,21-,22-/m0/s1. The molecule has 2 aliphatic heterocycles. The number of carbonyl (C=O) groups is 3. The molecule has 4 rings (SSSR count). The summed E-state index contributed by atoms with van der Waals surface area (Å²) in [6, 6.07) is 16.7. The van der Waals surface area contributed by atoms with E-state index in [9.17, 15) is 27.4 Å². The minimum atomic E-state index is -4.48. The average molecular weight is 532 g/mol. The molecule has 198 valence electrons. The van der Waals surface area contributed by atoms with Crippen molar-refractivity contribution in [2.75, 3.05) is 19.6 Å². The van der Waals surface area contributed by atoms with E-state index in [2.05, 4.69) is 5.32 Å². The largest absolute Gasteiger partial charge is 0.445 e. The lowest BCUT2D eigenvalue weighted by atomic mass is 10.2. The average Bonchev–Trinajstić information content (AvgIpc) is 3.55. The van der Waals surface area contributed by atoms with Crippen molar-refractivity contribution in [3.8, 4) is 0 Å². The van der Waals surface area contributed by atoms with Crippen LogP contribution in [-0.4, -0.2) is 77.8 Å². The van der Waals surface area contributed by atoms with Crippen LogP contribution < -0.4 is 5.32 Å². The van der Waals surface area contributed by atoms with E-state index < -0.39 is 39.5 Å². The third kappa shape index (κ3) is 6.98. The van der Waals surface area contributed by atoms with Crippen LogP contribution in [-0.2, 0) is 37.6 Å². The topological polar surface area (TPSA) is 143 Å². The lowest BCUT2D eigenvalue weighted by Crippen LogP contribution is -2.48. The van der Waals surface area contributed by atoms with Crippen molar-refractivity contribution in [1.82, 2.24) is 15.1 Å². The van der Waals surface area contributed by atoms with Crippen LogP contribution in [0.15, 0.2) is 60.7 Å². The van der Waals surface area contributed by atoms with E-state index in [1.165, 1.54) is 4.90 Å². The Bertz CT molecular complexity index is 1210. The molecule has 2 aromatic carbocycles. The summed E-state index contributed by atoms with van der Waals surface area (Å²) in [5.74, 6) is -0.468. The lowest BCUT2D eigenvalue weighted by molar-refractivity contribution is -0.134. The van der Waals surface area contributed by atoms with Crippen molar-refractivity contribution in [3.63, 3.8) is 0 Å². The molecule has 11 nitrogen and oxygen atoms in total. The third-order valence-electron chi connectivity index (χ3n) is 6.44. The van der Waals surface area contributed by atoms with Gasteiger partial charge in [0.15, 0.2) is 0 Å². The van der Waals surface area contributed by atoms with Crippen LogP contribution in [0.1, 0.15) is 24.0 Å². The van der Waals surface area contributed by atoms with Crippen molar-refractivity contribution >= 4 is 28.2 Å². The van der Waals surface area contributed by atoms with E-state index in [0.717, 1.165) is 16.0 Å². The Balaban J connectivity index is 1.34. The Labute approximate surface area is 215 Å². The molecule has 0 radical (unpaired) electrons. The SMILES string of the molecule is O=C(NC1CCN(C(=O)[C@@H]2C[C@H](S(=O)(=O)O)CN2C(=O)OCc2ccccc2)C1)OCc1ccccc1. The number of benzene rings is 2. The van der Waals surface area contributed by atoms with Crippen molar-refractivity contribution in [2.45, 2.75) is 43.4 Å². The first kappa shape index (κ1) is 26.4. The van der Waals surface area contributed by atoms with Gasteiger partial charge in [-0.05, 0) is 24.0 Å². The molecular weight excluding hydrogens is 502 g/mol. The highest BCUT2D eigenvalue weighted by Gasteiger charge is 2.47. The summed E-state index contributed by atoms with van der Waals surface area (Å²) in [6.07, 6.45) is -1.22. The van der Waals surface area contributed by atoms with Gasteiger partial charge in [0.25, 0.3) is 10.1 Å². The first-order chi connectivity index (χ1) is 17.7. The molecule has 37 heavy (non-hydrogen) atoms. The van der Waals surface area contributed by atoms with Crippen molar-refractivity contribution in [2.24, 2.45) is 0 Å². The quantitative estimate of drug-likeness (QED) is 0.518. The van der Waals surface area contributed by atoms with E-state index in [-0.39, 0.29) is 38.8 Å². The number of rotatable bonds is 7. The summed E-state index contributed by atoms with van der Waals surface area (Å²) in [6.45, 7) is 0.196. The van der Waals surface area contributed by atoms with E-state index in [0.29, 0.717) is 13.0 Å². The van der Waals surface area contributed by atoms with Gasteiger partial charge in [-0.2, -0.15) is 8.42 Å². The summed E-state index contributed by atoms with van der Waals surface area (Å²) in [7, 11) is -4.48. The molecule has 2 fully saturated rings. The van der Waals surface area contributed by atoms with Crippen molar-refractivity contribution < 1.29 is 36.8 Å². The zero-order valence-corrected chi connectivity index (χ0v) is 20.9. The molecular formula is C25H29N3O8S. The summed E-state index contributed by atoms with van der Waals surface area (Å²) in [5.41, 5.74) is 1.58. The molecule has 2 aliphatic rings. The molecule has 12 heteroatoms. The van der Waals surface area contributed by atoms with Gasteiger partial charge in [0.05, 0.1) is 6.04 Å². The molecule has 3 atom stereocenters. The number of carbonyl (C=O) groups excluding carboxylic acids is 3. The van der Waals surface area contributed by atoms with E-state index >= 15 is 0 Å². The predicted octanol–water partition coefficient (Wildman–Crippen LogP) is 2.18. The van der Waals surface area contributed by atoms with Gasteiger partial charge >= 0.3 is 12.2 Å². The second-order valence-corrected chi connectivity index (χ2v) is 10.8. The number of ether oxygens (including phenoxy) is 2. The molecule has 2 heterocycles. The number of hydrogen-bond donors (Lipinski definition) is 2. The van der Waals surface area contributed by atoms with Crippen LogP contribution in [0.3, 0.4) is 0 Å².